The minimum Gasteiger partial charge on any atom is -0.392 e. The molecule has 1 fully saturated rings. The van der Waals surface area contributed by atoms with Gasteiger partial charge in [-0.15, -0.1) is 11.3 Å². The van der Waals surface area contributed by atoms with Crippen molar-refractivity contribution < 1.29 is 33.8 Å². The van der Waals surface area contributed by atoms with Gasteiger partial charge in [0.1, 0.15) is 17.8 Å². The van der Waals surface area contributed by atoms with Crippen molar-refractivity contribution in [3.8, 4) is 22.3 Å². The summed E-state index contributed by atoms with van der Waals surface area (Å²) >= 11 is 1.56. The van der Waals surface area contributed by atoms with Crippen LogP contribution in [-0.2, 0) is 34.1 Å². The Morgan fingerprint density at radius 1 is 0.968 bits per heavy atom. The molecular formula is C45H48FN9O6S. The molecule has 0 spiro atoms. The van der Waals surface area contributed by atoms with Crippen LogP contribution in [0.3, 0.4) is 0 Å². The van der Waals surface area contributed by atoms with E-state index in [1.54, 1.807) is 29.0 Å². The summed E-state index contributed by atoms with van der Waals surface area (Å²) < 4.78 is 13.6. The van der Waals surface area contributed by atoms with Crippen molar-refractivity contribution >= 4 is 46.5 Å². The zero-order valence-corrected chi connectivity index (χ0v) is 35.5. The van der Waals surface area contributed by atoms with Crippen LogP contribution in [0.5, 0.6) is 0 Å². The third-order valence-electron chi connectivity index (χ3n) is 9.98. The minimum absolute atomic E-state index is 0.0294. The third-order valence-corrected chi connectivity index (χ3v) is 11.0. The predicted molar refractivity (Wildman–Crippen MR) is 233 cm³/mol. The van der Waals surface area contributed by atoms with E-state index in [2.05, 4.69) is 53.4 Å². The number of hydrogen-bond donors (Lipinski definition) is 7. The largest absolute Gasteiger partial charge is 0.392 e. The lowest BCUT2D eigenvalue weighted by Gasteiger charge is -2.35. The number of rotatable bonds is 13. The molecule has 0 unspecified atom stereocenters. The number of thiazole rings is 1. The van der Waals surface area contributed by atoms with Crippen LogP contribution in [0, 0.1) is 30.1 Å². The van der Waals surface area contributed by atoms with E-state index < -0.39 is 54.0 Å². The van der Waals surface area contributed by atoms with Crippen LogP contribution in [0.1, 0.15) is 60.8 Å². The zero-order valence-electron chi connectivity index (χ0n) is 34.7. The molecule has 4 heterocycles. The van der Waals surface area contributed by atoms with E-state index in [4.69, 9.17) is 0 Å². The fraction of sp³-hybridized carbons (Fsp3) is 0.311. The third kappa shape index (κ3) is 12.0. The number of aliphatic hydroxyl groups is 2. The molecule has 0 saturated carbocycles. The lowest BCUT2D eigenvalue weighted by Crippen LogP contribution is -2.58. The number of carbonyl (C=O) groups is 4. The Balaban J connectivity index is 0.999. The second kappa shape index (κ2) is 20.3. The van der Waals surface area contributed by atoms with Gasteiger partial charge < -0.3 is 41.7 Å². The maximum atomic E-state index is 14.0. The van der Waals surface area contributed by atoms with E-state index in [1.807, 2.05) is 76.2 Å². The summed E-state index contributed by atoms with van der Waals surface area (Å²) in [5, 5.41) is 34.1. The monoisotopic (exact) mass is 861 g/mol. The molecule has 1 aliphatic heterocycles. The van der Waals surface area contributed by atoms with E-state index >= 15 is 0 Å². The molecule has 5 aromatic rings. The molecule has 17 heteroatoms. The molecule has 6 rings (SSSR count). The van der Waals surface area contributed by atoms with Gasteiger partial charge in [-0.05, 0) is 59.2 Å². The number of aromatic nitrogens is 3. The first-order chi connectivity index (χ1) is 29.7. The van der Waals surface area contributed by atoms with E-state index in [-0.39, 0.29) is 43.2 Å². The molecule has 1 saturated heterocycles. The van der Waals surface area contributed by atoms with Crippen molar-refractivity contribution in [2.75, 3.05) is 23.7 Å². The fourth-order valence-electron chi connectivity index (χ4n) is 6.77. The van der Waals surface area contributed by atoms with Gasteiger partial charge in [0, 0.05) is 61.3 Å². The Hall–Kier alpha value is -6.58. The van der Waals surface area contributed by atoms with Crippen LogP contribution in [0.25, 0.3) is 10.4 Å². The average molecular weight is 862 g/mol. The zero-order chi connectivity index (χ0) is 44.4. The number of β-amino-alcohol motifs (C(OH)–C–C–N with tert-alkyl or cyclic N) is 1. The number of pyridine rings is 2. The molecule has 0 radical (unpaired) electrons. The summed E-state index contributed by atoms with van der Waals surface area (Å²) in [5.74, 6) is 3.96. The number of aliphatic hydroxyl groups excluding tert-OH is 2. The highest BCUT2D eigenvalue weighted by molar-refractivity contribution is 7.13. The van der Waals surface area contributed by atoms with Gasteiger partial charge in [0.25, 0.3) is 0 Å². The maximum Gasteiger partial charge on any atom is 0.323 e. The Morgan fingerprint density at radius 3 is 2.48 bits per heavy atom. The summed E-state index contributed by atoms with van der Waals surface area (Å²) in [6, 6.07) is 16.8. The van der Waals surface area contributed by atoms with Crippen molar-refractivity contribution in [3.05, 3.63) is 124 Å². The van der Waals surface area contributed by atoms with Gasteiger partial charge in [-0.1, -0.05) is 63.1 Å². The first kappa shape index (κ1) is 45.0. The fourth-order valence-corrected chi connectivity index (χ4v) is 7.58. The molecule has 0 bridgehead atoms. The Labute approximate surface area is 362 Å². The molecule has 1 aliphatic rings. The minimum atomic E-state index is -0.972. The highest BCUT2D eigenvalue weighted by Crippen LogP contribution is 2.28. The number of halogens is 1. The van der Waals surface area contributed by atoms with Crippen LogP contribution in [-0.4, -0.2) is 85.1 Å². The average Bonchev–Trinajstić information content (AvgIpc) is 3.86. The maximum absolute atomic E-state index is 14.0. The van der Waals surface area contributed by atoms with Gasteiger partial charge >= 0.3 is 6.03 Å². The molecule has 3 aromatic heterocycles. The first-order valence-electron chi connectivity index (χ1n) is 19.8. The van der Waals surface area contributed by atoms with Gasteiger partial charge in [-0.25, -0.2) is 19.7 Å². The highest BCUT2D eigenvalue weighted by atomic mass is 32.1. The lowest BCUT2D eigenvalue weighted by molar-refractivity contribution is -0.144. The number of aryl methyl sites for hydroxylation is 1. The molecule has 322 valence electrons. The number of carbonyl (C=O) groups excluding carboxylic acids is 4. The van der Waals surface area contributed by atoms with Crippen LogP contribution in [0.2, 0.25) is 0 Å². The highest BCUT2D eigenvalue weighted by Gasteiger charge is 2.44. The molecule has 62 heavy (non-hydrogen) atoms. The number of nitrogens with zero attached hydrogens (tertiary/aromatic N) is 4. The second-order valence-electron chi connectivity index (χ2n) is 15.8. The number of anilines is 2. The molecule has 7 N–H and O–H groups in total. The van der Waals surface area contributed by atoms with Crippen LogP contribution in [0.4, 0.5) is 20.6 Å². The van der Waals surface area contributed by atoms with Crippen LogP contribution < -0.4 is 26.6 Å². The number of hydrogen-bond acceptors (Lipinski definition) is 11. The van der Waals surface area contributed by atoms with Crippen molar-refractivity contribution in [2.24, 2.45) is 5.41 Å². The van der Waals surface area contributed by atoms with Crippen molar-refractivity contribution in [1.82, 2.24) is 35.8 Å². The number of amides is 5. The van der Waals surface area contributed by atoms with E-state index in [1.165, 1.54) is 11.1 Å². The molecule has 5 amide bonds. The molecule has 0 aliphatic carbocycles. The number of nitrogens with one attached hydrogen (secondary N) is 5. The molecule has 3 atom stereocenters. The summed E-state index contributed by atoms with van der Waals surface area (Å²) in [6.07, 6.45) is 1.81. The first-order valence-corrected chi connectivity index (χ1v) is 20.7. The van der Waals surface area contributed by atoms with Crippen molar-refractivity contribution in [1.29, 1.82) is 0 Å². The quantitative estimate of drug-likeness (QED) is 0.0652. The standard InChI is InChI=1S/C45H48FN9O6S/c1-27-40(62-26-51-27)31-11-8-29(9-12-31)21-50-42(59)37-18-35(57)24-55(37)43(60)41(45(2,3)4)54-39(58)23-47-20-30-7-5-6-28(16-30)10-13-33-17-34(14-15-48-33)52-44(61)53-36-19-38(46)49-22-32(36)25-56/h5-9,11-12,14-17,19,22,26,35,37,41,47,56-57H,18,20-21,23-25H2,1-4H3,(H,50,59)(H,54,58)(H2,48,49,52,53,61)/t35-,37+,41-/m1/s1. The van der Waals surface area contributed by atoms with Gasteiger partial charge in [0.05, 0.1) is 41.0 Å². The molecule has 15 nitrogen and oxygen atoms in total. The Morgan fingerprint density at radius 2 is 1.76 bits per heavy atom. The van der Waals surface area contributed by atoms with Gasteiger partial charge in [0.15, 0.2) is 0 Å². The summed E-state index contributed by atoms with van der Waals surface area (Å²) in [7, 11) is 0. The molecule has 2 aromatic carbocycles. The van der Waals surface area contributed by atoms with Crippen LogP contribution >= 0.6 is 11.3 Å². The van der Waals surface area contributed by atoms with E-state index in [9.17, 15) is 33.8 Å². The number of urea groups is 1. The van der Waals surface area contributed by atoms with Crippen molar-refractivity contribution in [2.45, 2.75) is 72.0 Å². The topological polar surface area (TPSA) is 211 Å². The predicted octanol–water partition coefficient (Wildman–Crippen LogP) is 4.48. The smallest absolute Gasteiger partial charge is 0.323 e. The summed E-state index contributed by atoms with van der Waals surface area (Å²) in [4.78, 5) is 67.8. The normalized spacial score (nSPS) is 15.2. The van der Waals surface area contributed by atoms with E-state index in [0.29, 0.717) is 23.5 Å². The number of likely N-dealkylation sites (tertiary alicyclic amines) is 1. The second-order valence-corrected chi connectivity index (χ2v) is 16.7. The van der Waals surface area contributed by atoms with Gasteiger partial charge in [-0.3, -0.25) is 14.4 Å². The number of benzene rings is 2. The van der Waals surface area contributed by atoms with E-state index in [0.717, 1.165) is 39.5 Å². The Kier molecular flexibility index (Phi) is 14.7. The molecular weight excluding hydrogens is 814 g/mol. The SMILES string of the molecule is Cc1ncsc1-c1ccc(CNC(=O)[C@@H]2C[C@@H](O)CN2C(=O)[C@@H](NC(=O)CNCc2cccc(C#Cc3cc(NC(=O)Nc4cc(F)ncc4CO)ccn3)c2)C(C)(C)C)cc1. The van der Waals surface area contributed by atoms with Crippen LogP contribution in [0.15, 0.2) is 84.6 Å². The lowest BCUT2D eigenvalue weighted by atomic mass is 9.85. The van der Waals surface area contributed by atoms with Crippen molar-refractivity contribution in [3.63, 3.8) is 0 Å². The Bertz CT molecular complexity index is 2480. The van der Waals surface area contributed by atoms with Gasteiger partial charge in [-0.2, -0.15) is 4.39 Å². The summed E-state index contributed by atoms with van der Waals surface area (Å²) in [5.41, 5.74) is 6.57. The summed E-state index contributed by atoms with van der Waals surface area (Å²) in [6.45, 7) is 7.44. The van der Waals surface area contributed by atoms with Gasteiger partial charge in [0.2, 0.25) is 23.7 Å².